The first-order valence-electron chi connectivity index (χ1n) is 8.81. The molecule has 0 aromatic carbocycles. The molecule has 4 nitrogen and oxygen atoms in total. The van der Waals surface area contributed by atoms with Gasteiger partial charge in [0.05, 0.1) is 0 Å². The normalized spacial score (nSPS) is 25.6. The van der Waals surface area contributed by atoms with E-state index >= 15 is 0 Å². The minimum atomic E-state index is -0.666. The van der Waals surface area contributed by atoms with Crippen molar-refractivity contribution >= 4 is 5.97 Å². The topological polar surface area (TPSA) is 52.6 Å². The highest BCUT2D eigenvalue weighted by Crippen LogP contribution is 2.38. The van der Waals surface area contributed by atoms with Gasteiger partial charge >= 0.3 is 5.97 Å². The minimum Gasteiger partial charge on any atom is -0.480 e. The van der Waals surface area contributed by atoms with Crippen LogP contribution in [0.5, 0.6) is 0 Å². The van der Waals surface area contributed by atoms with Gasteiger partial charge < -0.3 is 15.3 Å². The second-order valence-electron chi connectivity index (χ2n) is 6.37. The van der Waals surface area contributed by atoms with Crippen LogP contribution in [0, 0.1) is 5.92 Å². The number of unbranched alkanes of at least 4 members (excludes halogenated alkanes) is 1. The van der Waals surface area contributed by atoms with Crippen LogP contribution in [0.2, 0.25) is 0 Å². The molecule has 0 heterocycles. The van der Waals surface area contributed by atoms with Crippen molar-refractivity contribution < 1.29 is 9.90 Å². The van der Waals surface area contributed by atoms with E-state index in [-0.39, 0.29) is 5.92 Å². The molecule has 1 aliphatic rings. The molecule has 1 aliphatic carbocycles. The lowest BCUT2D eigenvalue weighted by atomic mass is 9.84. The average molecular weight is 298 g/mol. The van der Waals surface area contributed by atoms with Crippen molar-refractivity contribution in [2.45, 2.75) is 71.3 Å². The summed E-state index contributed by atoms with van der Waals surface area (Å²) in [6.07, 6.45) is 7.31. The van der Waals surface area contributed by atoms with Crippen molar-refractivity contribution in [2.75, 3.05) is 26.2 Å². The van der Waals surface area contributed by atoms with E-state index in [0.29, 0.717) is 0 Å². The number of hydrogen-bond acceptors (Lipinski definition) is 3. The molecule has 2 unspecified atom stereocenters. The maximum absolute atomic E-state index is 11.8. The molecule has 2 N–H and O–H groups in total. The van der Waals surface area contributed by atoms with Crippen molar-refractivity contribution in [3.8, 4) is 0 Å². The number of carbonyl (C=O) groups is 1. The summed E-state index contributed by atoms with van der Waals surface area (Å²) in [7, 11) is 0. The highest BCUT2D eigenvalue weighted by Gasteiger charge is 2.48. The molecule has 0 aromatic rings. The van der Waals surface area contributed by atoms with Gasteiger partial charge in [0.2, 0.25) is 0 Å². The largest absolute Gasteiger partial charge is 0.480 e. The number of carboxylic acid groups (broad SMARTS) is 1. The first-order valence-corrected chi connectivity index (χ1v) is 8.81. The lowest BCUT2D eigenvalue weighted by molar-refractivity contribution is -0.146. The number of nitrogens with zero attached hydrogens (tertiary/aromatic N) is 1. The molecule has 2 atom stereocenters. The molecule has 0 saturated heterocycles. The second kappa shape index (κ2) is 9.42. The lowest BCUT2D eigenvalue weighted by Crippen LogP contribution is -2.55. The number of aliphatic carboxylic acids is 1. The molecule has 1 fully saturated rings. The van der Waals surface area contributed by atoms with Crippen LogP contribution in [0.4, 0.5) is 0 Å². The molecule has 21 heavy (non-hydrogen) atoms. The van der Waals surface area contributed by atoms with E-state index in [1.807, 2.05) is 0 Å². The standard InChI is InChI=1S/C17H34N2O2/c1-4-7-13-19(6-3)14-10-15-9-8-11-17(15,16(20)21)18-12-5-2/h15,18H,4-14H2,1-3H3,(H,20,21). The number of nitrogens with one attached hydrogen (secondary N) is 1. The van der Waals surface area contributed by atoms with Gasteiger partial charge in [0.25, 0.3) is 0 Å². The lowest BCUT2D eigenvalue weighted by Gasteiger charge is -2.34. The fourth-order valence-electron chi connectivity index (χ4n) is 3.55. The van der Waals surface area contributed by atoms with Crippen LogP contribution in [0.15, 0.2) is 0 Å². The predicted octanol–water partition coefficient (Wildman–Crippen LogP) is 3.12. The zero-order valence-corrected chi connectivity index (χ0v) is 14.2. The third kappa shape index (κ3) is 4.96. The van der Waals surface area contributed by atoms with Gasteiger partial charge in [-0.3, -0.25) is 4.79 Å². The van der Waals surface area contributed by atoms with E-state index < -0.39 is 11.5 Å². The first-order chi connectivity index (χ1) is 10.1. The number of carboxylic acids is 1. The summed E-state index contributed by atoms with van der Waals surface area (Å²) in [5.41, 5.74) is -0.666. The summed E-state index contributed by atoms with van der Waals surface area (Å²) in [5.74, 6) is -0.368. The van der Waals surface area contributed by atoms with Gasteiger partial charge in [-0.05, 0) is 64.2 Å². The molecular weight excluding hydrogens is 264 g/mol. The number of rotatable bonds is 11. The van der Waals surface area contributed by atoms with Crippen molar-refractivity contribution in [1.82, 2.24) is 10.2 Å². The first kappa shape index (κ1) is 18.4. The second-order valence-corrected chi connectivity index (χ2v) is 6.37. The average Bonchev–Trinajstić information content (AvgIpc) is 2.89. The van der Waals surface area contributed by atoms with Crippen LogP contribution >= 0.6 is 0 Å². The molecule has 1 saturated carbocycles. The molecule has 0 spiro atoms. The monoisotopic (exact) mass is 298 g/mol. The fraction of sp³-hybridized carbons (Fsp3) is 0.941. The molecule has 0 radical (unpaired) electrons. The molecule has 124 valence electrons. The molecular formula is C17H34N2O2. The quantitative estimate of drug-likeness (QED) is 0.615. The van der Waals surface area contributed by atoms with Crippen molar-refractivity contribution in [2.24, 2.45) is 5.92 Å². The number of hydrogen-bond donors (Lipinski definition) is 2. The van der Waals surface area contributed by atoms with Gasteiger partial charge in [-0.15, -0.1) is 0 Å². The Morgan fingerprint density at radius 1 is 1.29 bits per heavy atom. The van der Waals surface area contributed by atoms with E-state index in [4.69, 9.17) is 0 Å². The van der Waals surface area contributed by atoms with Crippen molar-refractivity contribution in [1.29, 1.82) is 0 Å². The van der Waals surface area contributed by atoms with Gasteiger partial charge in [-0.25, -0.2) is 0 Å². The van der Waals surface area contributed by atoms with Crippen LogP contribution in [-0.2, 0) is 4.79 Å². The van der Waals surface area contributed by atoms with E-state index in [1.165, 1.54) is 12.8 Å². The van der Waals surface area contributed by atoms with E-state index in [0.717, 1.165) is 58.3 Å². The van der Waals surface area contributed by atoms with Gasteiger partial charge in [-0.2, -0.15) is 0 Å². The highest BCUT2D eigenvalue weighted by molar-refractivity contribution is 5.79. The maximum atomic E-state index is 11.8. The fourth-order valence-corrected chi connectivity index (χ4v) is 3.55. The van der Waals surface area contributed by atoms with E-state index in [2.05, 4.69) is 31.0 Å². The van der Waals surface area contributed by atoms with Crippen LogP contribution in [0.3, 0.4) is 0 Å². The Labute approximate surface area is 130 Å². The zero-order chi connectivity index (χ0) is 15.7. The van der Waals surface area contributed by atoms with Crippen molar-refractivity contribution in [3.05, 3.63) is 0 Å². The van der Waals surface area contributed by atoms with Crippen LogP contribution in [-0.4, -0.2) is 47.7 Å². The summed E-state index contributed by atoms with van der Waals surface area (Å²) < 4.78 is 0. The summed E-state index contributed by atoms with van der Waals surface area (Å²) in [4.78, 5) is 14.3. The van der Waals surface area contributed by atoms with Crippen molar-refractivity contribution in [3.63, 3.8) is 0 Å². The SMILES string of the molecule is CCCCN(CC)CCC1CCCC1(NCCC)C(=O)O. The van der Waals surface area contributed by atoms with E-state index in [9.17, 15) is 9.90 Å². The Hall–Kier alpha value is -0.610. The Kier molecular flexibility index (Phi) is 8.27. The van der Waals surface area contributed by atoms with Gasteiger partial charge in [0, 0.05) is 0 Å². The highest BCUT2D eigenvalue weighted by atomic mass is 16.4. The Bertz CT molecular complexity index is 309. The summed E-state index contributed by atoms with van der Waals surface area (Å²) in [6, 6.07) is 0. The molecule has 0 amide bonds. The van der Waals surface area contributed by atoms with Crippen LogP contribution < -0.4 is 5.32 Å². The molecule has 4 heteroatoms. The minimum absolute atomic E-state index is 0.275. The predicted molar refractivity (Wildman–Crippen MR) is 87.6 cm³/mol. The van der Waals surface area contributed by atoms with Gasteiger partial charge in [0.15, 0.2) is 0 Å². The summed E-state index contributed by atoms with van der Waals surface area (Å²) in [6.45, 7) is 10.5. The third-order valence-corrected chi connectivity index (χ3v) is 4.96. The van der Waals surface area contributed by atoms with Gasteiger partial charge in [0.1, 0.15) is 5.54 Å². The van der Waals surface area contributed by atoms with Crippen LogP contribution in [0.25, 0.3) is 0 Å². The smallest absolute Gasteiger partial charge is 0.324 e. The molecule has 1 rings (SSSR count). The molecule has 0 aromatic heterocycles. The molecule has 0 aliphatic heterocycles. The summed E-state index contributed by atoms with van der Waals surface area (Å²) in [5, 5.41) is 13.1. The summed E-state index contributed by atoms with van der Waals surface area (Å²) >= 11 is 0. The maximum Gasteiger partial charge on any atom is 0.324 e. The molecule has 0 bridgehead atoms. The zero-order valence-electron chi connectivity index (χ0n) is 14.2. The van der Waals surface area contributed by atoms with Gasteiger partial charge in [-0.1, -0.05) is 33.6 Å². The third-order valence-electron chi connectivity index (χ3n) is 4.96. The Balaban J connectivity index is 2.59. The van der Waals surface area contributed by atoms with E-state index in [1.54, 1.807) is 0 Å². The Morgan fingerprint density at radius 3 is 2.62 bits per heavy atom. The van der Waals surface area contributed by atoms with Crippen LogP contribution in [0.1, 0.15) is 65.7 Å². The Morgan fingerprint density at radius 2 is 2.05 bits per heavy atom.